The highest BCUT2D eigenvalue weighted by Crippen LogP contribution is 2.39. The largest absolute Gasteiger partial charge is 0.493 e. The van der Waals surface area contributed by atoms with E-state index in [1.54, 1.807) is 18.2 Å². The van der Waals surface area contributed by atoms with Crippen molar-refractivity contribution in [2.75, 3.05) is 33.7 Å². The molecule has 0 aliphatic heterocycles. The Kier molecular flexibility index (Phi) is 8.62. The molecule has 3 rings (SSSR count). The number of carbonyl (C=O) groups is 1. The number of aliphatic hydroxyl groups is 3. The fourth-order valence-corrected chi connectivity index (χ4v) is 4.49. The summed E-state index contributed by atoms with van der Waals surface area (Å²) in [7, 11) is 4.42. The van der Waals surface area contributed by atoms with Crippen LogP contribution >= 0.6 is 11.8 Å². The van der Waals surface area contributed by atoms with E-state index in [9.17, 15) is 15.0 Å². The molecule has 0 saturated carbocycles. The number of ether oxygens (including phenoxy) is 3. The highest BCUT2D eigenvalue weighted by atomic mass is 32.2. The molecule has 4 N–H and O–H groups in total. The van der Waals surface area contributed by atoms with E-state index in [1.807, 2.05) is 31.3 Å². The molecule has 0 fully saturated rings. The second kappa shape index (κ2) is 11.4. The molecule has 1 heterocycles. The van der Waals surface area contributed by atoms with Gasteiger partial charge in [-0.1, -0.05) is 12.1 Å². The van der Waals surface area contributed by atoms with E-state index in [0.717, 1.165) is 33.8 Å². The van der Waals surface area contributed by atoms with Gasteiger partial charge in [0.1, 0.15) is 6.10 Å². The number of benzene rings is 2. The molecule has 3 aromatic rings. The van der Waals surface area contributed by atoms with E-state index >= 15 is 0 Å². The van der Waals surface area contributed by atoms with Crippen LogP contribution in [0, 0.1) is 6.92 Å². The number of nitrogens with one attached hydrogen (secondary N) is 1. The topological polar surface area (TPSA) is 121 Å². The highest BCUT2D eigenvalue weighted by molar-refractivity contribution is 8.04. The molecule has 9 heteroatoms. The third-order valence-corrected chi connectivity index (χ3v) is 6.47. The van der Waals surface area contributed by atoms with Crippen LogP contribution in [0.5, 0.6) is 17.2 Å². The molecule has 0 bridgehead atoms. The van der Waals surface area contributed by atoms with Crippen molar-refractivity contribution in [2.45, 2.75) is 19.1 Å². The maximum Gasteiger partial charge on any atom is 0.203 e. The number of fused-ring (bicyclic) bond motifs is 1. The van der Waals surface area contributed by atoms with Crippen LogP contribution in [0.3, 0.4) is 0 Å². The van der Waals surface area contributed by atoms with Crippen LogP contribution in [0.1, 0.15) is 21.5 Å². The SMILES string of the molecule is COc1cc(C(=O)C(=Cc2c[nH]c3cc(C)ccc23)SC[C@H](O)[C@@H](O)CO)cc(OC)c1OC. The summed E-state index contributed by atoms with van der Waals surface area (Å²) >= 11 is 1.09. The van der Waals surface area contributed by atoms with Crippen LogP contribution in [-0.2, 0) is 0 Å². The first-order chi connectivity index (χ1) is 16.3. The van der Waals surface area contributed by atoms with Gasteiger partial charge in [0.15, 0.2) is 17.3 Å². The molecule has 8 nitrogen and oxygen atoms in total. The number of Topliss-reactive ketones (excluding diaryl/α,β-unsaturated/α-hetero) is 1. The number of allylic oxidation sites excluding steroid dienone is 1. The zero-order chi connectivity index (χ0) is 24.8. The average Bonchev–Trinajstić information content (AvgIpc) is 3.25. The molecular weight excluding hydrogens is 458 g/mol. The number of H-pyrrole nitrogens is 1. The van der Waals surface area contributed by atoms with Crippen molar-refractivity contribution in [3.8, 4) is 17.2 Å². The van der Waals surface area contributed by atoms with E-state index in [-0.39, 0.29) is 11.5 Å². The van der Waals surface area contributed by atoms with E-state index in [4.69, 9.17) is 19.3 Å². The minimum Gasteiger partial charge on any atom is -0.493 e. The van der Waals surface area contributed by atoms with Gasteiger partial charge in [-0.3, -0.25) is 4.79 Å². The number of ketones is 1. The maximum absolute atomic E-state index is 13.6. The molecular formula is C25H29NO7S. The number of aromatic amines is 1. The predicted molar refractivity (Wildman–Crippen MR) is 133 cm³/mol. The number of aryl methyl sites for hydroxylation is 1. The van der Waals surface area contributed by atoms with Crippen LogP contribution in [0.15, 0.2) is 41.4 Å². The van der Waals surface area contributed by atoms with Crippen LogP contribution in [0.4, 0.5) is 0 Å². The summed E-state index contributed by atoms with van der Waals surface area (Å²) in [6, 6.07) is 9.11. The van der Waals surface area contributed by atoms with Gasteiger partial charge in [-0.15, -0.1) is 11.8 Å². The van der Waals surface area contributed by atoms with Crippen molar-refractivity contribution in [1.29, 1.82) is 0 Å². The van der Waals surface area contributed by atoms with Crippen LogP contribution in [-0.4, -0.2) is 72.0 Å². The van der Waals surface area contributed by atoms with Crippen molar-refractivity contribution in [1.82, 2.24) is 4.98 Å². The van der Waals surface area contributed by atoms with Crippen molar-refractivity contribution in [3.63, 3.8) is 0 Å². The number of hydrogen-bond donors (Lipinski definition) is 4. The van der Waals surface area contributed by atoms with E-state index in [1.165, 1.54) is 21.3 Å². The quantitative estimate of drug-likeness (QED) is 0.240. The summed E-state index contributed by atoms with van der Waals surface area (Å²) in [6.45, 7) is 1.42. The third-order valence-electron chi connectivity index (χ3n) is 5.35. The van der Waals surface area contributed by atoms with E-state index in [0.29, 0.717) is 27.7 Å². The molecule has 0 unspecified atom stereocenters. The van der Waals surface area contributed by atoms with Gasteiger partial charge in [0.2, 0.25) is 5.75 Å². The van der Waals surface area contributed by atoms with Crippen molar-refractivity contribution < 1.29 is 34.3 Å². The lowest BCUT2D eigenvalue weighted by Gasteiger charge is -2.17. The normalized spacial score (nSPS) is 13.6. The van der Waals surface area contributed by atoms with Gasteiger partial charge in [0, 0.05) is 34.0 Å². The number of rotatable bonds is 11. The molecule has 1 aromatic heterocycles. The lowest BCUT2D eigenvalue weighted by atomic mass is 10.1. The zero-order valence-corrected chi connectivity index (χ0v) is 20.3. The zero-order valence-electron chi connectivity index (χ0n) is 19.5. The fraction of sp³-hybridized carbons (Fsp3) is 0.320. The Hall–Kier alpha value is -2.98. The Morgan fingerprint density at radius 1 is 1.06 bits per heavy atom. The summed E-state index contributed by atoms with van der Waals surface area (Å²) in [4.78, 5) is 17.2. The molecule has 0 saturated heterocycles. The van der Waals surface area contributed by atoms with Crippen LogP contribution < -0.4 is 14.2 Å². The summed E-state index contributed by atoms with van der Waals surface area (Å²) in [5.74, 6) is 0.732. The Bertz CT molecular complexity index is 1160. The van der Waals surface area contributed by atoms with Crippen LogP contribution in [0.2, 0.25) is 0 Å². The molecule has 0 amide bonds. The Labute approximate surface area is 202 Å². The van der Waals surface area contributed by atoms with Gasteiger partial charge in [-0.25, -0.2) is 0 Å². The van der Waals surface area contributed by atoms with Gasteiger partial charge in [0.25, 0.3) is 0 Å². The number of aromatic nitrogens is 1. The van der Waals surface area contributed by atoms with Crippen molar-refractivity contribution >= 4 is 34.5 Å². The molecule has 2 aromatic carbocycles. The number of hydrogen-bond acceptors (Lipinski definition) is 8. The van der Waals surface area contributed by atoms with Crippen LogP contribution in [0.25, 0.3) is 17.0 Å². The molecule has 182 valence electrons. The second-order valence-corrected chi connectivity index (χ2v) is 8.73. The van der Waals surface area contributed by atoms with E-state index in [2.05, 4.69) is 4.98 Å². The number of aliphatic hydroxyl groups excluding tert-OH is 3. The molecule has 0 spiro atoms. The maximum atomic E-state index is 13.6. The smallest absolute Gasteiger partial charge is 0.203 e. The average molecular weight is 488 g/mol. The summed E-state index contributed by atoms with van der Waals surface area (Å²) in [6.07, 6.45) is 1.03. The first-order valence-electron chi connectivity index (χ1n) is 10.6. The molecule has 0 radical (unpaired) electrons. The van der Waals surface area contributed by atoms with Gasteiger partial charge >= 0.3 is 0 Å². The lowest BCUT2D eigenvalue weighted by Crippen LogP contribution is -2.31. The number of methoxy groups -OCH3 is 3. The molecule has 34 heavy (non-hydrogen) atoms. The Morgan fingerprint density at radius 2 is 1.74 bits per heavy atom. The lowest BCUT2D eigenvalue weighted by molar-refractivity contribution is -0.00185. The Balaban J connectivity index is 2.06. The second-order valence-electron chi connectivity index (χ2n) is 7.67. The fourth-order valence-electron chi connectivity index (χ4n) is 3.46. The van der Waals surface area contributed by atoms with E-state index < -0.39 is 18.8 Å². The highest BCUT2D eigenvalue weighted by Gasteiger charge is 2.23. The minimum atomic E-state index is -1.30. The molecule has 0 aliphatic rings. The molecule has 0 aliphatic carbocycles. The monoisotopic (exact) mass is 487 g/mol. The van der Waals surface area contributed by atoms with Crippen molar-refractivity contribution in [2.24, 2.45) is 0 Å². The molecule has 2 atom stereocenters. The first-order valence-corrected chi connectivity index (χ1v) is 11.5. The van der Waals surface area contributed by atoms with Gasteiger partial charge in [-0.2, -0.15) is 0 Å². The summed E-state index contributed by atoms with van der Waals surface area (Å²) < 4.78 is 16.1. The third kappa shape index (κ3) is 5.56. The number of thioether (sulfide) groups is 1. The van der Waals surface area contributed by atoms with Gasteiger partial charge in [0.05, 0.1) is 38.9 Å². The minimum absolute atomic E-state index is 0.00515. The summed E-state index contributed by atoms with van der Waals surface area (Å²) in [5.41, 5.74) is 3.15. The van der Waals surface area contributed by atoms with Gasteiger partial charge in [-0.05, 0) is 36.8 Å². The predicted octanol–water partition coefficient (Wildman–Crippen LogP) is 3.17. The first kappa shape index (κ1) is 25.6. The van der Waals surface area contributed by atoms with Gasteiger partial charge < -0.3 is 34.5 Å². The Morgan fingerprint density at radius 3 is 2.32 bits per heavy atom. The van der Waals surface area contributed by atoms with Crippen molar-refractivity contribution in [3.05, 3.63) is 58.1 Å². The standard InChI is InChI=1S/C25H29NO7S/c1-14-5-6-17-16(11-26-18(17)7-14)10-23(34-13-20(29)19(28)12-27)24(30)15-8-21(31-2)25(33-4)22(9-15)32-3/h5-11,19-20,26-29H,12-13H2,1-4H3/t19-,20-/m0/s1. The summed E-state index contributed by atoms with van der Waals surface area (Å²) in [5, 5.41) is 30.0. The number of carbonyl (C=O) groups excluding carboxylic acids is 1.